The second-order valence-electron chi connectivity index (χ2n) is 4.37. The molecule has 0 unspecified atom stereocenters. The quantitative estimate of drug-likeness (QED) is 0.905. The van der Waals surface area contributed by atoms with Crippen molar-refractivity contribution in [1.82, 2.24) is 10.3 Å². The summed E-state index contributed by atoms with van der Waals surface area (Å²) in [6, 6.07) is 8.16. The highest BCUT2D eigenvalue weighted by atomic mass is 35.5. The van der Waals surface area contributed by atoms with Crippen LogP contribution in [0.25, 0.3) is 0 Å². The minimum Gasteiger partial charge on any atom is -0.304 e. The molecule has 0 fully saturated rings. The van der Waals surface area contributed by atoms with Crippen LogP contribution in [0, 0.1) is 13.8 Å². The van der Waals surface area contributed by atoms with Crippen LogP contribution in [0.3, 0.4) is 0 Å². The topological polar surface area (TPSA) is 24.9 Å². The fraction of sp³-hybridized carbons (Fsp3) is 0.357. The SMILES string of the molecule is Cc1nc(CN[C@H](C)c2ccccc2Cl)sc1C. The Bertz CT molecular complexity index is 517. The Hall–Kier alpha value is -0.900. The molecule has 2 rings (SSSR count). The summed E-state index contributed by atoms with van der Waals surface area (Å²) >= 11 is 7.93. The number of thiazole rings is 1. The van der Waals surface area contributed by atoms with Crippen molar-refractivity contribution in [2.24, 2.45) is 0 Å². The fourth-order valence-corrected chi connectivity index (χ4v) is 2.98. The van der Waals surface area contributed by atoms with Gasteiger partial charge in [0.2, 0.25) is 0 Å². The molecule has 0 saturated heterocycles. The van der Waals surface area contributed by atoms with E-state index in [1.54, 1.807) is 11.3 Å². The molecule has 1 atom stereocenters. The molecule has 18 heavy (non-hydrogen) atoms. The number of aromatic nitrogens is 1. The molecule has 4 heteroatoms. The van der Waals surface area contributed by atoms with Crippen molar-refractivity contribution in [3.8, 4) is 0 Å². The fourth-order valence-electron chi connectivity index (χ4n) is 1.79. The molecular weight excluding hydrogens is 264 g/mol. The third-order valence-corrected chi connectivity index (χ3v) is 4.42. The maximum atomic E-state index is 6.18. The highest BCUT2D eigenvalue weighted by Gasteiger charge is 2.10. The number of hydrogen-bond donors (Lipinski definition) is 1. The van der Waals surface area contributed by atoms with Gasteiger partial charge < -0.3 is 5.32 Å². The normalized spacial score (nSPS) is 12.7. The van der Waals surface area contributed by atoms with E-state index >= 15 is 0 Å². The van der Waals surface area contributed by atoms with Crippen LogP contribution in [-0.4, -0.2) is 4.98 Å². The molecule has 0 aliphatic carbocycles. The summed E-state index contributed by atoms with van der Waals surface area (Å²) in [4.78, 5) is 5.81. The van der Waals surface area contributed by atoms with Gasteiger partial charge >= 0.3 is 0 Å². The Morgan fingerprint density at radius 3 is 2.67 bits per heavy atom. The van der Waals surface area contributed by atoms with Crippen LogP contribution < -0.4 is 5.32 Å². The zero-order valence-corrected chi connectivity index (χ0v) is 12.4. The largest absolute Gasteiger partial charge is 0.304 e. The molecule has 0 radical (unpaired) electrons. The molecule has 2 nitrogen and oxygen atoms in total. The Labute approximate surface area is 117 Å². The zero-order chi connectivity index (χ0) is 13.1. The van der Waals surface area contributed by atoms with Crippen molar-refractivity contribution in [2.45, 2.75) is 33.4 Å². The first-order valence-corrected chi connectivity index (χ1v) is 7.18. The van der Waals surface area contributed by atoms with E-state index < -0.39 is 0 Å². The average molecular weight is 281 g/mol. The standard InChI is InChI=1S/C14H17ClN2S/c1-9-11(3)18-14(17-9)8-16-10(2)12-6-4-5-7-13(12)15/h4-7,10,16H,8H2,1-3H3/t10-/m1/s1. The van der Waals surface area contributed by atoms with Crippen LogP contribution in [0.15, 0.2) is 24.3 Å². The van der Waals surface area contributed by atoms with Crippen LogP contribution in [0.1, 0.15) is 34.1 Å². The lowest BCUT2D eigenvalue weighted by Crippen LogP contribution is -2.18. The highest BCUT2D eigenvalue weighted by molar-refractivity contribution is 7.11. The molecule has 96 valence electrons. The number of nitrogens with zero attached hydrogens (tertiary/aromatic N) is 1. The Morgan fingerprint density at radius 1 is 1.33 bits per heavy atom. The number of hydrogen-bond acceptors (Lipinski definition) is 3. The first-order valence-electron chi connectivity index (χ1n) is 5.98. The van der Waals surface area contributed by atoms with E-state index in [0.29, 0.717) is 0 Å². The van der Waals surface area contributed by atoms with Gasteiger partial charge in [-0.15, -0.1) is 11.3 Å². The molecule has 1 heterocycles. The lowest BCUT2D eigenvalue weighted by Gasteiger charge is -2.14. The van der Waals surface area contributed by atoms with E-state index in [4.69, 9.17) is 11.6 Å². The molecule has 0 aliphatic rings. The molecule has 0 saturated carbocycles. The van der Waals surface area contributed by atoms with Crippen LogP contribution in [0.2, 0.25) is 5.02 Å². The van der Waals surface area contributed by atoms with Crippen molar-refractivity contribution in [1.29, 1.82) is 0 Å². The smallest absolute Gasteiger partial charge is 0.107 e. The van der Waals surface area contributed by atoms with Gasteiger partial charge in [0.05, 0.1) is 5.69 Å². The Kier molecular flexibility index (Phi) is 4.38. The predicted octanol–water partition coefficient (Wildman–Crippen LogP) is 4.26. The van der Waals surface area contributed by atoms with Crippen LogP contribution in [0.4, 0.5) is 0 Å². The molecule has 0 bridgehead atoms. The van der Waals surface area contributed by atoms with Crippen molar-refractivity contribution < 1.29 is 0 Å². The van der Waals surface area contributed by atoms with Crippen LogP contribution in [-0.2, 0) is 6.54 Å². The second-order valence-corrected chi connectivity index (χ2v) is 6.07. The summed E-state index contributed by atoms with van der Waals surface area (Å²) in [7, 11) is 0. The Balaban J connectivity index is 2.00. The summed E-state index contributed by atoms with van der Waals surface area (Å²) in [5.41, 5.74) is 2.26. The van der Waals surface area contributed by atoms with Gasteiger partial charge in [-0.2, -0.15) is 0 Å². The average Bonchev–Trinajstić information content (AvgIpc) is 2.66. The van der Waals surface area contributed by atoms with Gasteiger partial charge in [-0.3, -0.25) is 0 Å². The van der Waals surface area contributed by atoms with Crippen molar-refractivity contribution in [2.75, 3.05) is 0 Å². The van der Waals surface area contributed by atoms with Gasteiger partial charge in [-0.05, 0) is 32.4 Å². The number of rotatable bonds is 4. The van der Waals surface area contributed by atoms with Crippen LogP contribution >= 0.6 is 22.9 Å². The first-order chi connectivity index (χ1) is 8.58. The summed E-state index contributed by atoms with van der Waals surface area (Å²) in [6.07, 6.45) is 0. The minimum atomic E-state index is 0.225. The lowest BCUT2D eigenvalue weighted by molar-refractivity contribution is 0.573. The van der Waals surface area contributed by atoms with Crippen molar-refractivity contribution in [3.63, 3.8) is 0 Å². The van der Waals surface area contributed by atoms with E-state index in [1.165, 1.54) is 4.88 Å². The summed E-state index contributed by atoms with van der Waals surface area (Å²) in [5, 5.41) is 5.40. The van der Waals surface area contributed by atoms with Crippen molar-refractivity contribution in [3.05, 3.63) is 50.4 Å². The summed E-state index contributed by atoms with van der Waals surface area (Å²) in [5.74, 6) is 0. The van der Waals surface area contributed by atoms with Gasteiger partial charge in [0.15, 0.2) is 0 Å². The molecule has 0 amide bonds. The third kappa shape index (κ3) is 3.10. The van der Waals surface area contributed by atoms with Gasteiger partial charge in [0.1, 0.15) is 5.01 Å². The number of nitrogens with one attached hydrogen (secondary N) is 1. The highest BCUT2D eigenvalue weighted by Crippen LogP contribution is 2.23. The molecule has 0 spiro atoms. The molecule has 1 aromatic heterocycles. The van der Waals surface area contributed by atoms with E-state index in [9.17, 15) is 0 Å². The van der Waals surface area contributed by atoms with Gasteiger partial charge in [-0.25, -0.2) is 4.98 Å². The van der Waals surface area contributed by atoms with Gasteiger partial charge in [0, 0.05) is 22.5 Å². The lowest BCUT2D eigenvalue weighted by atomic mass is 10.1. The predicted molar refractivity (Wildman–Crippen MR) is 78.3 cm³/mol. The maximum absolute atomic E-state index is 6.18. The van der Waals surface area contributed by atoms with Crippen LogP contribution in [0.5, 0.6) is 0 Å². The summed E-state index contributed by atoms with van der Waals surface area (Å²) in [6.45, 7) is 7.06. The first kappa shape index (κ1) is 13.5. The number of benzene rings is 1. The van der Waals surface area contributed by atoms with E-state index in [2.05, 4.69) is 30.2 Å². The maximum Gasteiger partial charge on any atom is 0.107 e. The monoisotopic (exact) mass is 280 g/mol. The molecular formula is C14H17ClN2S. The summed E-state index contributed by atoms with van der Waals surface area (Å²) < 4.78 is 0. The van der Waals surface area contributed by atoms with E-state index in [1.807, 2.05) is 25.1 Å². The Morgan fingerprint density at radius 2 is 2.06 bits per heavy atom. The minimum absolute atomic E-state index is 0.225. The van der Waals surface area contributed by atoms with E-state index in [-0.39, 0.29) is 6.04 Å². The van der Waals surface area contributed by atoms with Gasteiger partial charge in [-0.1, -0.05) is 29.8 Å². The van der Waals surface area contributed by atoms with E-state index in [0.717, 1.165) is 27.8 Å². The third-order valence-electron chi connectivity index (χ3n) is 3.00. The zero-order valence-electron chi connectivity index (χ0n) is 10.8. The van der Waals surface area contributed by atoms with Crippen molar-refractivity contribution >= 4 is 22.9 Å². The molecule has 1 N–H and O–H groups in total. The molecule has 2 aromatic rings. The molecule has 0 aliphatic heterocycles. The molecule has 1 aromatic carbocycles. The van der Waals surface area contributed by atoms with Gasteiger partial charge in [0.25, 0.3) is 0 Å². The number of aryl methyl sites for hydroxylation is 2. The number of halogens is 1. The second kappa shape index (κ2) is 5.83.